The lowest BCUT2D eigenvalue weighted by Crippen LogP contribution is -2.32. The molecule has 0 saturated carbocycles. The number of anilines is 1. The summed E-state index contributed by atoms with van der Waals surface area (Å²) in [6.07, 6.45) is 5.72. The molecule has 0 unspecified atom stereocenters. The molecule has 4 nitrogen and oxygen atoms in total. The Labute approximate surface area is 105 Å². The van der Waals surface area contributed by atoms with Gasteiger partial charge in [0.25, 0.3) is 0 Å². The molecule has 0 bridgehead atoms. The van der Waals surface area contributed by atoms with Crippen LogP contribution in [0.25, 0.3) is 5.65 Å². The van der Waals surface area contributed by atoms with Crippen LogP contribution >= 0.6 is 11.6 Å². The van der Waals surface area contributed by atoms with Gasteiger partial charge in [0.2, 0.25) is 0 Å². The van der Waals surface area contributed by atoms with Crippen molar-refractivity contribution in [2.45, 2.75) is 26.2 Å². The van der Waals surface area contributed by atoms with Gasteiger partial charge in [0.15, 0.2) is 10.8 Å². The smallest absolute Gasteiger partial charge is 0.158 e. The molecule has 0 aliphatic carbocycles. The number of aryl methyl sites for hydroxylation is 1. The van der Waals surface area contributed by atoms with Crippen molar-refractivity contribution in [3.63, 3.8) is 0 Å². The second-order valence-electron chi connectivity index (χ2n) is 4.55. The molecular formula is C12H15ClN4. The monoisotopic (exact) mass is 250 g/mol. The average Bonchev–Trinajstić information content (AvgIpc) is 2.70. The number of nitrogens with zero attached hydrogens (tertiary/aromatic N) is 4. The number of hydrogen-bond donors (Lipinski definition) is 0. The van der Waals surface area contributed by atoms with Gasteiger partial charge in [0, 0.05) is 30.9 Å². The van der Waals surface area contributed by atoms with Crippen molar-refractivity contribution in [1.29, 1.82) is 0 Å². The molecule has 1 saturated heterocycles. The van der Waals surface area contributed by atoms with Crippen LogP contribution in [0.4, 0.5) is 5.82 Å². The van der Waals surface area contributed by atoms with Gasteiger partial charge in [0.1, 0.15) is 5.82 Å². The summed E-state index contributed by atoms with van der Waals surface area (Å²) in [6, 6.07) is 1.80. The summed E-state index contributed by atoms with van der Waals surface area (Å²) in [7, 11) is 0. The van der Waals surface area contributed by atoms with Gasteiger partial charge >= 0.3 is 0 Å². The Morgan fingerprint density at radius 3 is 2.76 bits per heavy atom. The standard InChI is InChI=1S/C12H15ClN4/c1-9-8-14-11-7-10(13)15-17(11)12(9)16-5-3-2-4-6-16/h7-8H,2-6H2,1H3. The third kappa shape index (κ3) is 1.86. The number of halogens is 1. The highest BCUT2D eigenvalue weighted by molar-refractivity contribution is 6.29. The van der Waals surface area contributed by atoms with Crippen molar-refractivity contribution < 1.29 is 0 Å². The Balaban J connectivity index is 2.14. The third-order valence-corrected chi connectivity index (χ3v) is 3.44. The van der Waals surface area contributed by atoms with Gasteiger partial charge in [-0.05, 0) is 26.2 Å². The van der Waals surface area contributed by atoms with Gasteiger partial charge in [-0.3, -0.25) is 0 Å². The maximum atomic E-state index is 5.96. The van der Waals surface area contributed by atoms with E-state index in [1.807, 2.05) is 10.7 Å². The van der Waals surface area contributed by atoms with Crippen LogP contribution in [0.3, 0.4) is 0 Å². The van der Waals surface area contributed by atoms with Crippen LogP contribution in [0.15, 0.2) is 12.3 Å². The van der Waals surface area contributed by atoms with E-state index in [1.165, 1.54) is 19.3 Å². The van der Waals surface area contributed by atoms with Gasteiger partial charge in [0.05, 0.1) is 0 Å². The lowest BCUT2D eigenvalue weighted by molar-refractivity contribution is 0.567. The molecule has 0 amide bonds. The van der Waals surface area contributed by atoms with E-state index in [9.17, 15) is 0 Å². The molecular weight excluding hydrogens is 236 g/mol. The van der Waals surface area contributed by atoms with E-state index in [1.54, 1.807) is 6.07 Å². The summed E-state index contributed by atoms with van der Waals surface area (Å²) in [4.78, 5) is 6.73. The highest BCUT2D eigenvalue weighted by Gasteiger charge is 2.17. The fourth-order valence-electron chi connectivity index (χ4n) is 2.47. The molecule has 2 aromatic rings. The molecule has 90 valence electrons. The van der Waals surface area contributed by atoms with Crippen LogP contribution in [0.5, 0.6) is 0 Å². The first-order chi connectivity index (χ1) is 8.25. The van der Waals surface area contributed by atoms with Crippen LogP contribution in [0.2, 0.25) is 5.15 Å². The molecule has 1 aliphatic rings. The van der Waals surface area contributed by atoms with E-state index < -0.39 is 0 Å². The van der Waals surface area contributed by atoms with E-state index in [-0.39, 0.29) is 0 Å². The van der Waals surface area contributed by atoms with Crippen molar-refractivity contribution in [1.82, 2.24) is 14.6 Å². The van der Waals surface area contributed by atoms with E-state index in [4.69, 9.17) is 11.6 Å². The molecule has 1 aliphatic heterocycles. The first-order valence-electron chi connectivity index (χ1n) is 6.01. The van der Waals surface area contributed by atoms with Crippen LogP contribution in [-0.2, 0) is 0 Å². The van der Waals surface area contributed by atoms with Gasteiger partial charge in [-0.15, -0.1) is 0 Å². The molecule has 0 N–H and O–H groups in total. The lowest BCUT2D eigenvalue weighted by Gasteiger charge is -2.29. The van der Waals surface area contributed by atoms with Gasteiger partial charge in [-0.2, -0.15) is 9.61 Å². The second-order valence-corrected chi connectivity index (χ2v) is 4.94. The minimum Gasteiger partial charge on any atom is -0.356 e. The Bertz CT molecular complexity index is 543. The number of rotatable bonds is 1. The summed E-state index contributed by atoms with van der Waals surface area (Å²) < 4.78 is 1.86. The van der Waals surface area contributed by atoms with E-state index in [2.05, 4.69) is 21.9 Å². The highest BCUT2D eigenvalue weighted by atomic mass is 35.5. The molecule has 3 rings (SSSR count). The minimum absolute atomic E-state index is 0.501. The second kappa shape index (κ2) is 4.18. The largest absolute Gasteiger partial charge is 0.356 e. The minimum atomic E-state index is 0.501. The van der Waals surface area contributed by atoms with Gasteiger partial charge in [-0.25, -0.2) is 4.98 Å². The maximum absolute atomic E-state index is 5.96. The summed E-state index contributed by atoms with van der Waals surface area (Å²) >= 11 is 5.96. The van der Waals surface area contributed by atoms with Crippen LogP contribution in [0, 0.1) is 6.92 Å². The molecule has 5 heteroatoms. The molecule has 0 aromatic carbocycles. The van der Waals surface area contributed by atoms with Gasteiger partial charge in [-0.1, -0.05) is 11.6 Å². The molecule has 0 atom stereocenters. The quantitative estimate of drug-likeness (QED) is 0.780. The normalized spacial score (nSPS) is 16.7. The number of aromatic nitrogens is 3. The molecule has 3 heterocycles. The summed E-state index contributed by atoms with van der Waals surface area (Å²) in [5.74, 6) is 1.14. The fourth-order valence-corrected chi connectivity index (χ4v) is 2.64. The Morgan fingerprint density at radius 2 is 2.00 bits per heavy atom. The summed E-state index contributed by atoms with van der Waals surface area (Å²) in [5, 5.41) is 4.83. The van der Waals surface area contributed by atoms with E-state index in [0.29, 0.717) is 5.15 Å². The van der Waals surface area contributed by atoms with Crippen molar-refractivity contribution in [3.8, 4) is 0 Å². The fraction of sp³-hybridized carbons (Fsp3) is 0.500. The first kappa shape index (κ1) is 10.8. The summed E-state index contributed by atoms with van der Waals surface area (Å²) in [5.41, 5.74) is 1.97. The average molecular weight is 251 g/mol. The van der Waals surface area contributed by atoms with Crippen molar-refractivity contribution in [3.05, 3.63) is 23.0 Å². The first-order valence-corrected chi connectivity index (χ1v) is 6.39. The predicted octanol–water partition coefficient (Wildman–Crippen LogP) is 2.68. The number of piperidine rings is 1. The summed E-state index contributed by atoms with van der Waals surface area (Å²) in [6.45, 7) is 4.26. The van der Waals surface area contributed by atoms with Crippen LogP contribution in [0.1, 0.15) is 24.8 Å². The third-order valence-electron chi connectivity index (χ3n) is 3.26. The van der Waals surface area contributed by atoms with Crippen LogP contribution < -0.4 is 4.90 Å². The zero-order valence-corrected chi connectivity index (χ0v) is 10.6. The predicted molar refractivity (Wildman–Crippen MR) is 68.8 cm³/mol. The SMILES string of the molecule is Cc1cnc2cc(Cl)nn2c1N1CCCCC1. The van der Waals surface area contributed by atoms with Crippen LogP contribution in [-0.4, -0.2) is 27.7 Å². The van der Waals surface area contributed by atoms with Crippen molar-refractivity contribution in [2.24, 2.45) is 0 Å². The Hall–Kier alpha value is -1.29. The van der Waals surface area contributed by atoms with Crippen molar-refractivity contribution in [2.75, 3.05) is 18.0 Å². The molecule has 0 spiro atoms. The van der Waals surface area contributed by atoms with E-state index in [0.717, 1.165) is 30.1 Å². The molecule has 2 aromatic heterocycles. The zero-order chi connectivity index (χ0) is 11.8. The highest BCUT2D eigenvalue weighted by Crippen LogP contribution is 2.24. The maximum Gasteiger partial charge on any atom is 0.158 e. The van der Waals surface area contributed by atoms with Gasteiger partial charge < -0.3 is 4.90 Å². The lowest BCUT2D eigenvalue weighted by atomic mass is 10.1. The molecule has 17 heavy (non-hydrogen) atoms. The molecule has 1 fully saturated rings. The van der Waals surface area contributed by atoms with E-state index >= 15 is 0 Å². The zero-order valence-electron chi connectivity index (χ0n) is 9.86. The molecule has 0 radical (unpaired) electrons. The number of fused-ring (bicyclic) bond motifs is 1. The number of hydrogen-bond acceptors (Lipinski definition) is 3. The Kier molecular flexibility index (Phi) is 2.67. The Morgan fingerprint density at radius 1 is 1.24 bits per heavy atom. The topological polar surface area (TPSA) is 33.4 Å². The van der Waals surface area contributed by atoms with Crippen molar-refractivity contribution >= 4 is 23.1 Å².